The number of alkyl halides is 1. The molecule has 0 aliphatic heterocycles. The summed E-state index contributed by atoms with van der Waals surface area (Å²) in [6, 6.07) is 0. The van der Waals surface area contributed by atoms with Crippen molar-refractivity contribution in [2.45, 2.75) is 13.3 Å². The van der Waals surface area contributed by atoms with Gasteiger partial charge in [0.05, 0.1) is 0 Å². The standard InChI is InChI=1S/C5H9IO/c1-5(4-7)2-3-6/h4-5H,2-3H2,1H3/t5-/m1/s1. The molecule has 1 atom stereocenters. The molecule has 1 nitrogen and oxygen atoms in total. The fourth-order valence-corrected chi connectivity index (χ4v) is 1.22. The van der Waals surface area contributed by atoms with Crippen molar-refractivity contribution in [2.24, 2.45) is 5.92 Å². The number of carbonyl (C=O) groups excluding carboxylic acids is 1. The normalized spacial score (nSPS) is 13.4. The van der Waals surface area contributed by atoms with Crippen LogP contribution in [0.25, 0.3) is 0 Å². The molecule has 0 rings (SSSR count). The van der Waals surface area contributed by atoms with Crippen molar-refractivity contribution in [2.75, 3.05) is 4.43 Å². The van der Waals surface area contributed by atoms with Crippen LogP contribution in [0.4, 0.5) is 0 Å². The first-order valence-electron chi connectivity index (χ1n) is 2.32. The Balaban J connectivity index is 2.98. The highest BCUT2D eigenvalue weighted by atomic mass is 127. The van der Waals surface area contributed by atoms with E-state index in [0.717, 1.165) is 17.1 Å². The minimum Gasteiger partial charge on any atom is -0.303 e. The van der Waals surface area contributed by atoms with Gasteiger partial charge in [0.2, 0.25) is 0 Å². The van der Waals surface area contributed by atoms with E-state index in [-0.39, 0.29) is 5.92 Å². The minimum atomic E-state index is 0.261. The summed E-state index contributed by atoms with van der Waals surface area (Å²) in [5, 5.41) is 0. The fraction of sp³-hybridized carbons (Fsp3) is 0.800. The van der Waals surface area contributed by atoms with E-state index in [1.165, 1.54) is 0 Å². The number of carbonyl (C=O) groups is 1. The summed E-state index contributed by atoms with van der Waals surface area (Å²) < 4.78 is 1.08. The van der Waals surface area contributed by atoms with E-state index in [1.807, 2.05) is 6.92 Å². The average Bonchev–Trinajstić information content (AvgIpc) is 1.68. The van der Waals surface area contributed by atoms with Gasteiger partial charge in [-0.2, -0.15) is 0 Å². The van der Waals surface area contributed by atoms with Crippen molar-refractivity contribution >= 4 is 28.9 Å². The molecule has 0 bridgehead atoms. The van der Waals surface area contributed by atoms with E-state index in [1.54, 1.807) is 0 Å². The van der Waals surface area contributed by atoms with Crippen molar-refractivity contribution in [3.8, 4) is 0 Å². The van der Waals surface area contributed by atoms with Crippen LogP contribution in [0.3, 0.4) is 0 Å². The Morgan fingerprint density at radius 3 is 2.57 bits per heavy atom. The maximum absolute atomic E-state index is 9.89. The second kappa shape index (κ2) is 4.56. The van der Waals surface area contributed by atoms with E-state index in [9.17, 15) is 4.79 Å². The van der Waals surface area contributed by atoms with Gasteiger partial charge < -0.3 is 4.79 Å². The van der Waals surface area contributed by atoms with Crippen molar-refractivity contribution in [1.29, 1.82) is 0 Å². The van der Waals surface area contributed by atoms with Crippen molar-refractivity contribution in [3.63, 3.8) is 0 Å². The Labute approximate surface area is 57.6 Å². The molecule has 0 amide bonds. The van der Waals surface area contributed by atoms with E-state index < -0.39 is 0 Å². The number of hydrogen-bond donors (Lipinski definition) is 0. The molecule has 0 N–H and O–H groups in total. The fourth-order valence-electron chi connectivity index (χ4n) is 0.240. The summed E-state index contributed by atoms with van der Waals surface area (Å²) in [4.78, 5) is 9.89. The molecule has 0 unspecified atom stereocenters. The lowest BCUT2D eigenvalue weighted by molar-refractivity contribution is -0.110. The number of halogens is 1. The third-order valence-corrected chi connectivity index (χ3v) is 1.42. The molecule has 0 aromatic carbocycles. The summed E-state index contributed by atoms with van der Waals surface area (Å²) in [7, 11) is 0. The average molecular weight is 212 g/mol. The van der Waals surface area contributed by atoms with Gasteiger partial charge in [0.15, 0.2) is 0 Å². The quantitative estimate of drug-likeness (QED) is 0.395. The van der Waals surface area contributed by atoms with E-state index in [2.05, 4.69) is 22.6 Å². The maximum atomic E-state index is 9.89. The lowest BCUT2D eigenvalue weighted by Crippen LogP contribution is -1.94. The van der Waals surface area contributed by atoms with Crippen LogP contribution in [0, 0.1) is 5.92 Å². The van der Waals surface area contributed by atoms with Crippen molar-refractivity contribution < 1.29 is 4.79 Å². The van der Waals surface area contributed by atoms with Crippen LogP contribution in [0.15, 0.2) is 0 Å². The van der Waals surface area contributed by atoms with Gasteiger partial charge in [-0.1, -0.05) is 29.5 Å². The first-order chi connectivity index (χ1) is 3.31. The topological polar surface area (TPSA) is 17.1 Å². The van der Waals surface area contributed by atoms with Crippen molar-refractivity contribution in [1.82, 2.24) is 0 Å². The summed E-state index contributed by atoms with van der Waals surface area (Å²) in [6.07, 6.45) is 2.02. The van der Waals surface area contributed by atoms with Gasteiger partial charge in [-0.15, -0.1) is 0 Å². The zero-order chi connectivity index (χ0) is 5.70. The summed E-state index contributed by atoms with van der Waals surface area (Å²) in [6.45, 7) is 1.94. The summed E-state index contributed by atoms with van der Waals surface area (Å²) >= 11 is 2.27. The molecular weight excluding hydrogens is 203 g/mol. The first kappa shape index (κ1) is 7.40. The SMILES string of the molecule is C[C@@H](C=O)CCI. The molecule has 0 aromatic heterocycles. The van der Waals surface area contributed by atoms with Gasteiger partial charge in [-0.3, -0.25) is 0 Å². The van der Waals surface area contributed by atoms with Crippen LogP contribution in [0.2, 0.25) is 0 Å². The molecule has 0 aliphatic carbocycles. The number of rotatable bonds is 3. The van der Waals surface area contributed by atoms with Crippen LogP contribution in [0.5, 0.6) is 0 Å². The number of hydrogen-bond acceptors (Lipinski definition) is 1. The van der Waals surface area contributed by atoms with Gasteiger partial charge in [0, 0.05) is 10.3 Å². The molecule has 0 aliphatic rings. The van der Waals surface area contributed by atoms with Crippen LogP contribution in [0.1, 0.15) is 13.3 Å². The van der Waals surface area contributed by atoms with E-state index in [0.29, 0.717) is 0 Å². The van der Waals surface area contributed by atoms with Crippen molar-refractivity contribution in [3.05, 3.63) is 0 Å². The Hall–Kier alpha value is 0.400. The lowest BCUT2D eigenvalue weighted by atomic mass is 10.2. The Kier molecular flexibility index (Phi) is 4.82. The molecule has 0 heterocycles. The largest absolute Gasteiger partial charge is 0.303 e. The molecule has 0 fully saturated rings. The maximum Gasteiger partial charge on any atom is 0.122 e. The smallest absolute Gasteiger partial charge is 0.122 e. The Morgan fingerprint density at radius 1 is 1.86 bits per heavy atom. The highest BCUT2D eigenvalue weighted by molar-refractivity contribution is 14.1. The molecular formula is C5H9IO. The molecule has 0 saturated carbocycles. The summed E-state index contributed by atoms with van der Waals surface area (Å²) in [5.74, 6) is 0.261. The Morgan fingerprint density at radius 2 is 2.43 bits per heavy atom. The van der Waals surface area contributed by atoms with Gasteiger partial charge >= 0.3 is 0 Å². The first-order valence-corrected chi connectivity index (χ1v) is 3.85. The van der Waals surface area contributed by atoms with Gasteiger partial charge in [-0.05, 0) is 6.42 Å². The van der Waals surface area contributed by atoms with Gasteiger partial charge in [-0.25, -0.2) is 0 Å². The predicted octanol–water partition coefficient (Wildman–Crippen LogP) is 1.65. The highest BCUT2D eigenvalue weighted by Crippen LogP contribution is 1.99. The lowest BCUT2D eigenvalue weighted by Gasteiger charge is -1.93. The monoisotopic (exact) mass is 212 g/mol. The van der Waals surface area contributed by atoms with E-state index in [4.69, 9.17) is 0 Å². The van der Waals surface area contributed by atoms with Crippen LogP contribution in [-0.2, 0) is 4.79 Å². The third kappa shape index (κ3) is 4.25. The van der Waals surface area contributed by atoms with Gasteiger partial charge in [0.1, 0.15) is 6.29 Å². The highest BCUT2D eigenvalue weighted by Gasteiger charge is 1.94. The second-order valence-corrected chi connectivity index (χ2v) is 2.67. The van der Waals surface area contributed by atoms with E-state index >= 15 is 0 Å². The molecule has 2 heteroatoms. The molecule has 0 saturated heterocycles. The molecule has 0 radical (unpaired) electrons. The molecule has 0 spiro atoms. The van der Waals surface area contributed by atoms with Gasteiger partial charge in [0.25, 0.3) is 0 Å². The second-order valence-electron chi connectivity index (χ2n) is 1.59. The van der Waals surface area contributed by atoms with Crippen LogP contribution >= 0.6 is 22.6 Å². The zero-order valence-electron chi connectivity index (χ0n) is 4.36. The molecule has 42 valence electrons. The molecule has 7 heavy (non-hydrogen) atoms. The van der Waals surface area contributed by atoms with Crippen LogP contribution in [-0.4, -0.2) is 10.7 Å². The molecule has 0 aromatic rings. The Bertz CT molecular complexity index is 54.0. The zero-order valence-corrected chi connectivity index (χ0v) is 6.51. The third-order valence-electron chi connectivity index (χ3n) is 0.797. The predicted molar refractivity (Wildman–Crippen MR) is 38.7 cm³/mol. The number of aldehydes is 1. The minimum absolute atomic E-state index is 0.261. The summed E-state index contributed by atoms with van der Waals surface area (Å²) in [5.41, 5.74) is 0. The van der Waals surface area contributed by atoms with Crippen LogP contribution < -0.4 is 0 Å².